The molecular formula is C3H4N3S. The highest BCUT2D eigenvalue weighted by molar-refractivity contribution is 7.98. The van der Waals surface area contributed by atoms with E-state index in [9.17, 15) is 0 Å². The predicted octanol–water partition coefficient (Wildman–Crippen LogP) is 0.566. The molecular weight excluding hydrogens is 110 g/mol. The third-order valence-corrected chi connectivity index (χ3v) is 0.983. The van der Waals surface area contributed by atoms with Gasteiger partial charge >= 0.3 is 0 Å². The third kappa shape index (κ3) is 0.928. The van der Waals surface area contributed by atoms with Crippen LogP contribution in [0.5, 0.6) is 0 Å². The second-order valence-corrected chi connectivity index (χ2v) is 1.56. The lowest BCUT2D eigenvalue weighted by Crippen LogP contribution is -1.79. The quantitative estimate of drug-likeness (QED) is 0.534. The van der Waals surface area contributed by atoms with Gasteiger partial charge in [0.05, 0.1) is 0 Å². The van der Waals surface area contributed by atoms with Gasteiger partial charge in [0, 0.05) is 6.26 Å². The van der Waals surface area contributed by atoms with Crippen LogP contribution in [0.4, 0.5) is 0 Å². The minimum Gasteiger partial charge on any atom is -0.222 e. The van der Waals surface area contributed by atoms with Crippen molar-refractivity contribution in [2.24, 2.45) is 0 Å². The Balaban J connectivity index is 2.76. The molecule has 1 aromatic heterocycles. The van der Waals surface area contributed by atoms with E-state index in [2.05, 4.69) is 16.3 Å². The summed E-state index contributed by atoms with van der Waals surface area (Å²) in [5, 5.41) is 3.74. The van der Waals surface area contributed by atoms with Gasteiger partial charge in [-0.1, -0.05) is 0 Å². The maximum absolute atomic E-state index is 3.74. The number of nitrogens with zero attached hydrogens (tertiary/aromatic N) is 3. The van der Waals surface area contributed by atoms with E-state index in [1.807, 2.05) is 0 Å². The van der Waals surface area contributed by atoms with Gasteiger partial charge in [0.15, 0.2) is 0 Å². The van der Waals surface area contributed by atoms with Gasteiger partial charge in [-0.15, -0.1) is 5.10 Å². The summed E-state index contributed by atoms with van der Waals surface area (Å²) in [5.74, 6) is 0. The van der Waals surface area contributed by atoms with Crippen molar-refractivity contribution in [3.05, 3.63) is 18.9 Å². The first-order valence-corrected chi connectivity index (χ1v) is 2.65. The summed E-state index contributed by atoms with van der Waals surface area (Å²) in [6.07, 6.45) is 6.57. The largest absolute Gasteiger partial charge is 0.222 e. The van der Waals surface area contributed by atoms with Gasteiger partial charge in [0.25, 0.3) is 0 Å². The molecule has 7 heavy (non-hydrogen) atoms. The van der Waals surface area contributed by atoms with E-state index in [0.29, 0.717) is 0 Å². The van der Waals surface area contributed by atoms with Gasteiger partial charge in [0.1, 0.15) is 12.7 Å². The van der Waals surface area contributed by atoms with E-state index in [1.165, 1.54) is 18.3 Å². The van der Waals surface area contributed by atoms with Crippen LogP contribution in [0.15, 0.2) is 12.7 Å². The van der Waals surface area contributed by atoms with Crippen LogP contribution in [0.25, 0.3) is 0 Å². The lowest BCUT2D eigenvalue weighted by atomic mass is 11.3. The molecule has 1 radical (unpaired) electrons. The normalized spacial score (nSPS) is 9.29. The van der Waals surface area contributed by atoms with Gasteiger partial charge < -0.3 is 0 Å². The zero-order chi connectivity index (χ0) is 5.11. The maximum Gasteiger partial charge on any atom is 0.138 e. The Bertz CT molecular complexity index is 125. The van der Waals surface area contributed by atoms with Crippen molar-refractivity contribution in [2.75, 3.05) is 0 Å². The summed E-state index contributed by atoms with van der Waals surface area (Å²) < 4.78 is 1.57. The van der Waals surface area contributed by atoms with Gasteiger partial charge in [0.2, 0.25) is 0 Å². The van der Waals surface area contributed by atoms with Crippen molar-refractivity contribution in [2.45, 2.75) is 0 Å². The van der Waals surface area contributed by atoms with E-state index in [4.69, 9.17) is 0 Å². The third-order valence-electron chi connectivity index (χ3n) is 0.530. The van der Waals surface area contributed by atoms with E-state index >= 15 is 0 Å². The van der Waals surface area contributed by atoms with Crippen molar-refractivity contribution in [1.82, 2.24) is 14.2 Å². The first-order chi connectivity index (χ1) is 3.43. The average molecular weight is 114 g/mol. The summed E-state index contributed by atoms with van der Waals surface area (Å²) in [5.41, 5.74) is 0. The van der Waals surface area contributed by atoms with Gasteiger partial charge in [-0.3, -0.25) is 0 Å². The molecule has 0 saturated carbocycles. The molecule has 0 N–H and O–H groups in total. The summed E-state index contributed by atoms with van der Waals surface area (Å²) in [6.45, 7) is 0. The van der Waals surface area contributed by atoms with E-state index in [0.717, 1.165) is 0 Å². The lowest BCUT2D eigenvalue weighted by Gasteiger charge is -1.83. The van der Waals surface area contributed by atoms with Crippen molar-refractivity contribution >= 4 is 11.9 Å². The Morgan fingerprint density at radius 1 is 1.71 bits per heavy atom. The molecule has 0 spiro atoms. The summed E-state index contributed by atoms with van der Waals surface area (Å²) >= 11 is 1.27. The number of hydrogen-bond donors (Lipinski definition) is 0. The molecule has 0 aliphatic carbocycles. The minimum absolute atomic E-state index is 1.27. The Labute approximate surface area is 45.9 Å². The SMILES string of the molecule is [CH2]Sn1cncn1. The number of aromatic nitrogens is 3. The van der Waals surface area contributed by atoms with Crippen molar-refractivity contribution in [1.29, 1.82) is 0 Å². The van der Waals surface area contributed by atoms with E-state index < -0.39 is 0 Å². The monoisotopic (exact) mass is 114 g/mol. The highest BCUT2D eigenvalue weighted by Crippen LogP contribution is 1.94. The van der Waals surface area contributed by atoms with Crippen molar-refractivity contribution in [3.8, 4) is 0 Å². The topological polar surface area (TPSA) is 30.7 Å². The molecule has 0 aromatic carbocycles. The van der Waals surface area contributed by atoms with Crippen LogP contribution in [-0.2, 0) is 0 Å². The Morgan fingerprint density at radius 2 is 2.57 bits per heavy atom. The van der Waals surface area contributed by atoms with Crippen LogP contribution in [0, 0.1) is 6.26 Å². The molecule has 37 valence electrons. The molecule has 1 aromatic rings. The summed E-state index contributed by atoms with van der Waals surface area (Å²) in [4.78, 5) is 3.68. The average Bonchev–Trinajstić information content (AvgIpc) is 2.14. The fourth-order valence-electron chi connectivity index (χ4n) is 0.264. The molecule has 0 saturated heterocycles. The van der Waals surface area contributed by atoms with E-state index in [1.54, 1.807) is 10.4 Å². The molecule has 0 aliphatic heterocycles. The van der Waals surface area contributed by atoms with Gasteiger partial charge in [-0.2, -0.15) is 4.09 Å². The first-order valence-electron chi connectivity index (χ1n) is 1.70. The second kappa shape index (κ2) is 1.97. The standard InChI is InChI=1S/C3H4N3S/c1-7-6-3-4-2-5-6/h2-3H,1H2. The molecule has 4 heteroatoms. The molecule has 0 aliphatic rings. The molecule has 1 rings (SSSR count). The molecule has 0 unspecified atom stereocenters. The Morgan fingerprint density at radius 3 is 2.86 bits per heavy atom. The van der Waals surface area contributed by atoms with Gasteiger partial charge in [-0.05, 0) is 11.9 Å². The fraction of sp³-hybridized carbons (Fsp3) is 0. The maximum atomic E-state index is 3.74. The highest BCUT2D eigenvalue weighted by Gasteiger charge is 1.79. The summed E-state index contributed by atoms with van der Waals surface area (Å²) in [6, 6.07) is 0. The smallest absolute Gasteiger partial charge is 0.138 e. The molecule has 1 heterocycles. The molecule has 3 nitrogen and oxygen atoms in total. The second-order valence-electron chi connectivity index (χ2n) is 0.927. The highest BCUT2D eigenvalue weighted by atomic mass is 32.2. The lowest BCUT2D eigenvalue weighted by molar-refractivity contribution is 1.01. The van der Waals surface area contributed by atoms with Crippen LogP contribution in [-0.4, -0.2) is 14.2 Å². The van der Waals surface area contributed by atoms with Crippen LogP contribution in [0.2, 0.25) is 0 Å². The van der Waals surface area contributed by atoms with Gasteiger partial charge in [-0.25, -0.2) is 4.98 Å². The number of hydrogen-bond acceptors (Lipinski definition) is 3. The molecule has 0 bridgehead atoms. The minimum atomic E-state index is 1.27. The number of rotatable bonds is 1. The van der Waals surface area contributed by atoms with Crippen LogP contribution in [0.3, 0.4) is 0 Å². The van der Waals surface area contributed by atoms with Crippen LogP contribution >= 0.6 is 11.9 Å². The molecule has 0 atom stereocenters. The Kier molecular flexibility index (Phi) is 1.31. The predicted molar refractivity (Wildman–Crippen MR) is 28.4 cm³/mol. The summed E-state index contributed by atoms with van der Waals surface area (Å²) in [7, 11) is 0. The van der Waals surface area contributed by atoms with E-state index in [-0.39, 0.29) is 0 Å². The zero-order valence-electron chi connectivity index (χ0n) is 3.61. The molecule has 0 amide bonds. The zero-order valence-corrected chi connectivity index (χ0v) is 4.43. The Hall–Kier alpha value is -0.510. The fourth-order valence-corrected chi connectivity index (χ4v) is 0.494. The van der Waals surface area contributed by atoms with Crippen molar-refractivity contribution in [3.63, 3.8) is 0 Å². The van der Waals surface area contributed by atoms with Crippen LogP contribution in [0.1, 0.15) is 0 Å². The van der Waals surface area contributed by atoms with Crippen LogP contribution < -0.4 is 0 Å². The van der Waals surface area contributed by atoms with Crippen molar-refractivity contribution < 1.29 is 0 Å². The first kappa shape index (κ1) is 4.64. The molecule has 0 fully saturated rings.